The van der Waals surface area contributed by atoms with Gasteiger partial charge in [0.15, 0.2) is 6.61 Å². The minimum atomic E-state index is -1.22. The standard InChI is InChI=1S/3C23H34O5.CH4.3Mg.2H2O.2H/c3*1-2-3-4-7-17(24)9-10-18-19-11-15-6-5-8-22(28-14-23(26)27)20(15)12-16(19)13-21(18)25;;;;;;;;/h3*5-6,8,16-19,21,24-25H,2-4,7,9-14H2,1H3,(H,26,27);1H4;;;;2*1H2;;/q;;;;3*+2;;;2*-1/p-4/t3*16-,17-,18+,19-,21+;;;;;;;;/m000......../s1. The van der Waals surface area contributed by atoms with Gasteiger partial charge in [-0.15, -0.1) is 0 Å². The van der Waals surface area contributed by atoms with Crippen LogP contribution >= 0.6 is 0 Å². The number of carbonyl (C=O) groups is 3. The Hall–Kier alpha value is -2.55. The van der Waals surface area contributed by atoms with E-state index in [4.69, 9.17) is 19.3 Å². The molecular formula is C70H108Mg3O17. The molecule has 6 aliphatic carbocycles. The largest absolute Gasteiger partial charge is 2.00 e. The summed E-state index contributed by atoms with van der Waals surface area (Å²) in [6.07, 6.45) is 23.4. The second kappa shape index (κ2) is 43.5. The van der Waals surface area contributed by atoms with Crippen molar-refractivity contribution in [3.8, 4) is 17.2 Å². The summed E-state index contributed by atoms with van der Waals surface area (Å²) in [6, 6.07) is 17.5. The van der Waals surface area contributed by atoms with Gasteiger partial charge >= 0.3 is 75.1 Å². The van der Waals surface area contributed by atoms with Crippen LogP contribution in [0.5, 0.6) is 17.2 Å². The van der Waals surface area contributed by atoms with E-state index in [2.05, 4.69) is 39.0 Å². The normalized spacial score (nSPS) is 25.3. The van der Waals surface area contributed by atoms with Gasteiger partial charge in [-0.2, -0.15) is 0 Å². The van der Waals surface area contributed by atoms with Gasteiger partial charge in [0.25, 0.3) is 0 Å². The van der Waals surface area contributed by atoms with Gasteiger partial charge in [-0.1, -0.05) is 122 Å². The van der Waals surface area contributed by atoms with E-state index in [1.807, 2.05) is 36.4 Å². The number of benzene rings is 3. The number of unbranched alkanes of at least 4 members (excludes halogenated alkanes) is 6. The zero-order valence-corrected chi connectivity index (χ0v) is 57.7. The Morgan fingerprint density at radius 1 is 0.467 bits per heavy atom. The summed E-state index contributed by atoms with van der Waals surface area (Å²) in [7, 11) is 0. The third kappa shape index (κ3) is 24.9. The zero-order chi connectivity index (χ0) is 60.3. The minimum absolute atomic E-state index is 0. The van der Waals surface area contributed by atoms with E-state index in [0.717, 1.165) is 190 Å². The number of rotatable bonds is 30. The maximum atomic E-state index is 10.8. The van der Waals surface area contributed by atoms with Crippen LogP contribution in [-0.4, -0.2) is 190 Å². The molecule has 0 heterocycles. The molecule has 3 fully saturated rings. The first kappa shape index (κ1) is 85.5. The first-order valence-corrected chi connectivity index (χ1v) is 32.4. The molecule has 3 saturated carbocycles. The minimum Gasteiger partial charge on any atom is -1.00 e. The summed E-state index contributed by atoms with van der Waals surface area (Å²) in [5, 5.41) is 93.2. The number of fused-ring (bicyclic) bond motifs is 6. The number of hydrogen-bond donors (Lipinski definition) is 7. The van der Waals surface area contributed by atoms with Gasteiger partial charge in [-0.3, -0.25) is 0 Å². The van der Waals surface area contributed by atoms with Crippen LogP contribution in [0.4, 0.5) is 0 Å². The summed E-state index contributed by atoms with van der Waals surface area (Å²) in [5.74, 6) is 1.65. The van der Waals surface area contributed by atoms with Gasteiger partial charge in [0.05, 0.1) is 48.6 Å². The van der Waals surface area contributed by atoms with E-state index < -0.39 is 31.1 Å². The van der Waals surface area contributed by atoms with Crippen molar-refractivity contribution in [3.63, 3.8) is 0 Å². The molecule has 9 rings (SSSR count). The molecule has 3 aromatic rings. The van der Waals surface area contributed by atoms with E-state index in [9.17, 15) is 55.2 Å². The van der Waals surface area contributed by atoms with Crippen molar-refractivity contribution in [1.29, 1.82) is 0 Å². The average molecular weight is 1290 g/mol. The van der Waals surface area contributed by atoms with Crippen LogP contribution in [0.3, 0.4) is 0 Å². The molecule has 0 radical (unpaired) electrons. The summed E-state index contributed by atoms with van der Waals surface area (Å²) < 4.78 is 16.4. The molecule has 17 nitrogen and oxygen atoms in total. The van der Waals surface area contributed by atoms with Crippen molar-refractivity contribution in [2.24, 2.45) is 53.3 Å². The number of ether oxygens (including phenoxy) is 3. The van der Waals surface area contributed by atoms with Crippen LogP contribution in [0, 0.1) is 53.3 Å². The van der Waals surface area contributed by atoms with Gasteiger partial charge < -0.3 is 83.6 Å². The van der Waals surface area contributed by atoms with Gasteiger partial charge in [0.1, 0.15) is 30.5 Å². The Morgan fingerprint density at radius 3 is 1.00 bits per heavy atom. The Kier molecular flexibility index (Phi) is 41.3. The fourth-order valence-corrected chi connectivity index (χ4v) is 15.7. The number of aliphatic hydroxyl groups is 6. The van der Waals surface area contributed by atoms with E-state index >= 15 is 0 Å². The van der Waals surface area contributed by atoms with Crippen molar-refractivity contribution in [3.05, 3.63) is 88.0 Å². The fourth-order valence-electron chi connectivity index (χ4n) is 15.7. The third-order valence-electron chi connectivity index (χ3n) is 20.0. The SMILES string of the molecule is C.CCCCC[C@H](O)CC[C@@H]1[C@H]2Cc3cccc(OCC(=O)O)c3C[C@H]2C[C@H]1O.CCCCC[C@H](O)CC[C@@H]1[C@H]2Cc3cccc(OCC(=O)[O-])c3C[C@H]2C[C@H]1O.CCCCC[C@H](O)CC[C@@H]1[C@H]2Cc3cccc(OCC(=O)[O-])c3C[C@H]2C[C@H]1O.[H-].[H-].[Mg+2].[Mg+2].[Mg+2].[OH-].[OH-]. The first-order valence-electron chi connectivity index (χ1n) is 32.4. The quantitative estimate of drug-likeness (QED) is 0.0252. The van der Waals surface area contributed by atoms with Crippen LogP contribution in [0.25, 0.3) is 0 Å². The molecule has 0 unspecified atom stereocenters. The molecule has 0 aromatic heterocycles. The van der Waals surface area contributed by atoms with Gasteiger partial charge in [-0.05, 0) is 220 Å². The Bertz CT molecular complexity index is 2280. The van der Waals surface area contributed by atoms with E-state index in [1.165, 1.54) is 16.7 Å². The molecule has 90 heavy (non-hydrogen) atoms. The molecule has 0 aliphatic heterocycles. The molecule has 0 bridgehead atoms. The number of carboxylic acids is 3. The fraction of sp³-hybridized carbons (Fsp3) is 0.700. The van der Waals surface area contributed by atoms with Crippen molar-refractivity contribution in [2.75, 3.05) is 19.8 Å². The van der Waals surface area contributed by atoms with E-state index in [0.29, 0.717) is 52.8 Å². The first-order chi connectivity index (χ1) is 40.5. The van der Waals surface area contributed by atoms with Crippen LogP contribution in [0.2, 0.25) is 0 Å². The Labute approximate surface area is 587 Å². The van der Waals surface area contributed by atoms with Crippen molar-refractivity contribution < 1.29 is 88.4 Å². The van der Waals surface area contributed by atoms with Crippen LogP contribution in [0.1, 0.15) is 199 Å². The van der Waals surface area contributed by atoms with Crippen LogP contribution < -0.4 is 24.4 Å². The van der Waals surface area contributed by atoms with Gasteiger partial charge in [-0.25, -0.2) is 4.79 Å². The second-order valence-corrected chi connectivity index (χ2v) is 25.8. The average Bonchev–Trinajstić information content (AvgIpc) is 1.76. The van der Waals surface area contributed by atoms with Gasteiger partial charge in [0.2, 0.25) is 0 Å². The molecule has 0 amide bonds. The topological polar surface area (TPSA) is 327 Å². The summed E-state index contributed by atoms with van der Waals surface area (Å²) in [5.41, 5.74) is 6.87. The Balaban J connectivity index is 0. The van der Waals surface area contributed by atoms with E-state index in [-0.39, 0.29) is 151 Å². The molecule has 0 saturated heterocycles. The number of aliphatic carboxylic acids is 3. The monoisotopic (exact) mass is 1290 g/mol. The van der Waals surface area contributed by atoms with Crippen molar-refractivity contribution >= 4 is 87.1 Å². The second-order valence-electron chi connectivity index (χ2n) is 25.8. The maximum Gasteiger partial charge on any atom is 2.00 e. The number of carbonyl (C=O) groups excluding carboxylic acids is 2. The number of aliphatic hydroxyl groups excluding tert-OH is 6. The molecule has 496 valence electrons. The van der Waals surface area contributed by atoms with Crippen LogP contribution in [0.15, 0.2) is 54.6 Å². The number of carboxylic acid groups (broad SMARTS) is 3. The summed E-state index contributed by atoms with van der Waals surface area (Å²) in [4.78, 5) is 32.3. The Morgan fingerprint density at radius 2 is 0.744 bits per heavy atom. The van der Waals surface area contributed by atoms with Crippen LogP contribution in [-0.2, 0) is 52.9 Å². The molecule has 9 N–H and O–H groups in total. The molecule has 0 spiro atoms. The predicted octanol–water partition coefficient (Wildman–Crippen LogP) is 7.45. The predicted molar refractivity (Wildman–Crippen MR) is 347 cm³/mol. The summed E-state index contributed by atoms with van der Waals surface area (Å²) >= 11 is 0. The third-order valence-corrected chi connectivity index (χ3v) is 20.0. The van der Waals surface area contributed by atoms with Crippen molar-refractivity contribution in [2.45, 2.75) is 238 Å². The van der Waals surface area contributed by atoms with E-state index in [1.54, 1.807) is 0 Å². The zero-order valence-electron chi connectivity index (χ0n) is 55.5. The molecule has 3 aromatic carbocycles. The molecule has 20 heteroatoms. The maximum absolute atomic E-state index is 10.8. The smallest absolute Gasteiger partial charge is 1.00 e. The summed E-state index contributed by atoms with van der Waals surface area (Å²) in [6.45, 7) is 5.29. The molecular weight excluding hydrogens is 1190 g/mol. The molecule has 15 atom stereocenters. The van der Waals surface area contributed by atoms with Gasteiger partial charge in [0, 0.05) is 0 Å². The number of hydrogen-bond acceptors (Lipinski definition) is 16. The van der Waals surface area contributed by atoms with Crippen molar-refractivity contribution in [1.82, 2.24) is 0 Å². The molecule has 6 aliphatic rings.